The van der Waals surface area contributed by atoms with Gasteiger partial charge in [0.1, 0.15) is 0 Å². The van der Waals surface area contributed by atoms with E-state index in [1.807, 2.05) is 0 Å². The Labute approximate surface area is 198 Å². The molecule has 0 aliphatic heterocycles. The van der Waals surface area contributed by atoms with Crippen molar-refractivity contribution < 1.29 is 0 Å². The molecular weight excluding hydrogens is 400 g/mol. The van der Waals surface area contributed by atoms with Crippen LogP contribution in [0.2, 0.25) is 0 Å². The minimum atomic E-state index is -0.408. The molecule has 0 aromatic heterocycles. The summed E-state index contributed by atoms with van der Waals surface area (Å²) < 4.78 is 0. The van der Waals surface area contributed by atoms with E-state index in [0.717, 1.165) is 25.3 Å². The van der Waals surface area contributed by atoms with Gasteiger partial charge in [0.15, 0.2) is 0 Å². The van der Waals surface area contributed by atoms with E-state index in [9.17, 15) is 0 Å². The summed E-state index contributed by atoms with van der Waals surface area (Å²) in [5.41, 5.74) is 7.07. The Morgan fingerprint density at radius 2 is 0.970 bits per heavy atom. The van der Waals surface area contributed by atoms with Crippen LogP contribution in [0, 0.1) is 0 Å². The number of benzene rings is 4. The number of anilines is 2. The number of nitrogens with one attached hydrogen (secondary N) is 1. The largest absolute Gasteiger partial charge is 0.385 e. The lowest BCUT2D eigenvalue weighted by Gasteiger charge is -2.37. The highest BCUT2D eigenvalue weighted by Gasteiger charge is 2.38. The van der Waals surface area contributed by atoms with Crippen molar-refractivity contribution in [2.45, 2.75) is 26.2 Å². The minimum absolute atomic E-state index is 0.408. The number of nitrogens with zero attached hydrogens (tertiary/aromatic N) is 1. The summed E-state index contributed by atoms with van der Waals surface area (Å²) in [7, 11) is 0. The first kappa shape index (κ1) is 22.7. The number of rotatable bonds is 9. The molecule has 0 fully saturated rings. The molecule has 0 saturated heterocycles. The van der Waals surface area contributed by atoms with Crippen LogP contribution in [0.5, 0.6) is 0 Å². The number of hydrogen-bond acceptors (Lipinski definition) is 2. The quantitative estimate of drug-likeness (QED) is 0.277. The fourth-order valence-electron chi connectivity index (χ4n) is 4.93. The molecule has 0 spiro atoms. The van der Waals surface area contributed by atoms with Crippen molar-refractivity contribution in [3.05, 3.63) is 131 Å². The Bertz CT molecular complexity index is 1070. The van der Waals surface area contributed by atoms with Crippen molar-refractivity contribution >= 4 is 11.4 Å². The standard InChI is InChI=1S/C31H34N2/c1-4-32-29-21-17-27(18-22-29)31(25-13-9-7-10-14-25,26-15-11-8-12-16-26)28-19-23-30(24-20-28)33(5-2)6-3/h7-24,32H,4-6H2,1-3H3. The Morgan fingerprint density at radius 1 is 0.545 bits per heavy atom. The van der Waals surface area contributed by atoms with Gasteiger partial charge in [0.2, 0.25) is 0 Å². The highest BCUT2D eigenvalue weighted by molar-refractivity contribution is 5.63. The van der Waals surface area contributed by atoms with E-state index in [2.05, 4.69) is 140 Å². The monoisotopic (exact) mass is 434 g/mol. The average molecular weight is 435 g/mol. The smallest absolute Gasteiger partial charge is 0.0701 e. The van der Waals surface area contributed by atoms with Gasteiger partial charge in [-0.3, -0.25) is 0 Å². The summed E-state index contributed by atoms with van der Waals surface area (Å²) in [6.45, 7) is 9.47. The fourth-order valence-corrected chi connectivity index (χ4v) is 4.93. The van der Waals surface area contributed by atoms with Gasteiger partial charge in [0.05, 0.1) is 5.41 Å². The van der Waals surface area contributed by atoms with Crippen LogP contribution in [-0.2, 0) is 5.41 Å². The van der Waals surface area contributed by atoms with E-state index >= 15 is 0 Å². The van der Waals surface area contributed by atoms with Gasteiger partial charge in [-0.25, -0.2) is 0 Å². The maximum atomic E-state index is 3.43. The Hall–Kier alpha value is -3.52. The van der Waals surface area contributed by atoms with Crippen molar-refractivity contribution in [2.75, 3.05) is 29.9 Å². The molecule has 4 aromatic carbocycles. The van der Waals surface area contributed by atoms with Crippen LogP contribution in [0.1, 0.15) is 43.0 Å². The van der Waals surface area contributed by atoms with Crippen LogP contribution in [-0.4, -0.2) is 19.6 Å². The lowest BCUT2D eigenvalue weighted by Crippen LogP contribution is -2.31. The van der Waals surface area contributed by atoms with E-state index in [1.165, 1.54) is 27.9 Å². The van der Waals surface area contributed by atoms with Crippen LogP contribution >= 0.6 is 0 Å². The number of hydrogen-bond donors (Lipinski definition) is 1. The van der Waals surface area contributed by atoms with Crippen LogP contribution < -0.4 is 10.2 Å². The highest BCUT2D eigenvalue weighted by atomic mass is 15.1. The maximum Gasteiger partial charge on any atom is 0.0701 e. The zero-order valence-corrected chi connectivity index (χ0v) is 20.0. The molecule has 1 N–H and O–H groups in total. The van der Waals surface area contributed by atoms with Gasteiger partial charge in [0, 0.05) is 31.0 Å². The minimum Gasteiger partial charge on any atom is -0.385 e. The molecule has 0 bridgehead atoms. The van der Waals surface area contributed by atoms with Gasteiger partial charge < -0.3 is 10.2 Å². The molecule has 0 unspecified atom stereocenters. The summed E-state index contributed by atoms with van der Waals surface area (Å²) in [5, 5.41) is 3.43. The second kappa shape index (κ2) is 10.4. The van der Waals surface area contributed by atoms with Crippen LogP contribution in [0.4, 0.5) is 11.4 Å². The van der Waals surface area contributed by atoms with Gasteiger partial charge in [-0.1, -0.05) is 84.9 Å². The molecule has 0 aliphatic carbocycles. The van der Waals surface area contributed by atoms with E-state index in [1.54, 1.807) is 0 Å². The fraction of sp³-hybridized carbons (Fsp3) is 0.226. The van der Waals surface area contributed by atoms with Crippen LogP contribution in [0.3, 0.4) is 0 Å². The van der Waals surface area contributed by atoms with Crippen LogP contribution in [0.15, 0.2) is 109 Å². The molecule has 168 valence electrons. The maximum absolute atomic E-state index is 3.43. The van der Waals surface area contributed by atoms with E-state index < -0.39 is 5.41 Å². The summed E-state index contributed by atoms with van der Waals surface area (Å²) >= 11 is 0. The van der Waals surface area contributed by atoms with E-state index in [-0.39, 0.29) is 0 Å². The molecule has 33 heavy (non-hydrogen) atoms. The predicted molar refractivity (Wildman–Crippen MR) is 142 cm³/mol. The summed E-state index contributed by atoms with van der Waals surface area (Å²) in [4.78, 5) is 2.39. The SMILES string of the molecule is CCNc1ccc(C(c2ccccc2)(c2ccccc2)c2ccc(N(CC)CC)cc2)cc1. The molecule has 0 atom stereocenters. The Morgan fingerprint density at radius 3 is 1.39 bits per heavy atom. The van der Waals surface area contributed by atoms with Crippen molar-refractivity contribution in [1.29, 1.82) is 0 Å². The molecule has 0 heterocycles. The Balaban J connectivity index is 1.98. The first-order valence-corrected chi connectivity index (χ1v) is 12.0. The topological polar surface area (TPSA) is 15.3 Å². The van der Waals surface area contributed by atoms with Crippen molar-refractivity contribution in [3.63, 3.8) is 0 Å². The van der Waals surface area contributed by atoms with Gasteiger partial charge in [-0.2, -0.15) is 0 Å². The van der Waals surface area contributed by atoms with E-state index in [0.29, 0.717) is 0 Å². The van der Waals surface area contributed by atoms with Gasteiger partial charge in [-0.15, -0.1) is 0 Å². The summed E-state index contributed by atoms with van der Waals surface area (Å²) in [6.07, 6.45) is 0. The third-order valence-electron chi connectivity index (χ3n) is 6.54. The summed E-state index contributed by atoms with van der Waals surface area (Å²) in [6, 6.07) is 39.9. The van der Waals surface area contributed by atoms with Gasteiger partial charge in [-0.05, 0) is 67.3 Å². The third-order valence-corrected chi connectivity index (χ3v) is 6.54. The van der Waals surface area contributed by atoms with Gasteiger partial charge >= 0.3 is 0 Å². The first-order valence-electron chi connectivity index (χ1n) is 12.0. The molecule has 2 heteroatoms. The van der Waals surface area contributed by atoms with Crippen molar-refractivity contribution in [1.82, 2.24) is 0 Å². The Kier molecular flexibility index (Phi) is 7.14. The molecule has 0 aliphatic rings. The molecule has 0 amide bonds. The molecule has 0 saturated carbocycles. The molecule has 2 nitrogen and oxygen atoms in total. The zero-order valence-electron chi connectivity index (χ0n) is 20.0. The second-order valence-corrected chi connectivity index (χ2v) is 8.31. The summed E-state index contributed by atoms with van der Waals surface area (Å²) in [5.74, 6) is 0. The average Bonchev–Trinajstić information content (AvgIpc) is 2.88. The van der Waals surface area contributed by atoms with Gasteiger partial charge in [0.25, 0.3) is 0 Å². The first-order chi connectivity index (χ1) is 16.2. The van der Waals surface area contributed by atoms with Crippen LogP contribution in [0.25, 0.3) is 0 Å². The predicted octanol–water partition coefficient (Wildman–Crippen LogP) is 7.35. The second-order valence-electron chi connectivity index (χ2n) is 8.31. The van der Waals surface area contributed by atoms with E-state index in [4.69, 9.17) is 0 Å². The highest BCUT2D eigenvalue weighted by Crippen LogP contribution is 2.45. The third kappa shape index (κ3) is 4.39. The lowest BCUT2D eigenvalue weighted by molar-refractivity contribution is 0.744. The molecule has 4 rings (SSSR count). The molecule has 4 aromatic rings. The van der Waals surface area contributed by atoms with Crippen molar-refractivity contribution in [2.24, 2.45) is 0 Å². The zero-order chi connectivity index (χ0) is 23.1. The normalized spacial score (nSPS) is 11.2. The lowest BCUT2D eigenvalue weighted by atomic mass is 9.65. The van der Waals surface area contributed by atoms with Crippen molar-refractivity contribution in [3.8, 4) is 0 Å². The molecular formula is C31H34N2. The molecule has 0 radical (unpaired) electrons.